The van der Waals surface area contributed by atoms with Crippen LogP contribution in [0.5, 0.6) is 5.75 Å². The van der Waals surface area contributed by atoms with Gasteiger partial charge in [0.25, 0.3) is 0 Å². The number of nitrogens with one attached hydrogen (secondary N) is 3. The highest BCUT2D eigenvalue weighted by Gasteiger charge is 2.42. The molecule has 3 aromatic carbocycles. The minimum Gasteiger partial charge on any atom is -0.424 e. The molecule has 0 aliphatic carbocycles. The maximum absolute atomic E-state index is 13.0. The smallest absolute Gasteiger partial charge is 0.315 e. The number of aromatic nitrogens is 4. The van der Waals surface area contributed by atoms with Gasteiger partial charge in [-0.05, 0) is 42.7 Å². The first-order chi connectivity index (χ1) is 21.5. The summed E-state index contributed by atoms with van der Waals surface area (Å²) in [4.78, 5) is 38.9. The number of urea groups is 1. The first-order valence-corrected chi connectivity index (χ1v) is 15.8. The zero-order valence-corrected chi connectivity index (χ0v) is 24.7. The molecule has 2 aliphatic heterocycles. The van der Waals surface area contributed by atoms with Crippen LogP contribution in [0, 0.1) is 0 Å². The van der Waals surface area contributed by atoms with Crippen molar-refractivity contribution in [3.63, 3.8) is 0 Å². The van der Waals surface area contributed by atoms with Crippen molar-refractivity contribution in [3.8, 4) is 11.7 Å². The first kappa shape index (κ1) is 28.0. The van der Waals surface area contributed by atoms with E-state index in [1.165, 1.54) is 0 Å². The number of rotatable bonds is 10. The number of carbonyl (C=O) groups excluding carboxylic acids is 2. The molecule has 12 heteroatoms. The van der Waals surface area contributed by atoms with Gasteiger partial charge in [-0.1, -0.05) is 55.0 Å². The second-order valence-corrected chi connectivity index (χ2v) is 12.3. The number of thioether (sulfide) groups is 1. The zero-order chi connectivity index (χ0) is 30.0. The highest BCUT2D eigenvalue weighted by molar-refractivity contribution is 8.00. The van der Waals surface area contributed by atoms with E-state index in [1.54, 1.807) is 10.6 Å². The predicted molar refractivity (Wildman–Crippen MR) is 172 cm³/mol. The molecule has 5 aromatic rings. The Bertz CT molecular complexity index is 1850. The minimum atomic E-state index is -0.322. The molecule has 4 heterocycles. The number of imidazole rings is 1. The highest BCUT2D eigenvalue weighted by Crippen LogP contribution is 2.34. The van der Waals surface area contributed by atoms with E-state index in [4.69, 9.17) is 20.4 Å². The largest absolute Gasteiger partial charge is 0.424 e. The molecule has 0 spiro atoms. The van der Waals surface area contributed by atoms with Crippen LogP contribution in [-0.2, 0) is 11.3 Å². The molecule has 2 aliphatic rings. The molecule has 2 aromatic heterocycles. The molecule has 0 saturated carbocycles. The van der Waals surface area contributed by atoms with Gasteiger partial charge in [0.15, 0.2) is 5.75 Å². The first-order valence-electron chi connectivity index (χ1n) is 14.7. The Labute approximate surface area is 258 Å². The third-order valence-electron chi connectivity index (χ3n) is 8.05. The minimum absolute atomic E-state index is 0.0849. The van der Waals surface area contributed by atoms with Gasteiger partial charge < -0.3 is 26.4 Å². The highest BCUT2D eigenvalue weighted by atomic mass is 32.2. The fraction of sp³-hybridized carbons (Fsp3) is 0.281. The number of amides is 2. The summed E-state index contributed by atoms with van der Waals surface area (Å²) in [6.45, 7) is 0.539. The molecular weight excluding hydrogens is 576 g/mol. The zero-order valence-electron chi connectivity index (χ0n) is 23.9. The summed E-state index contributed by atoms with van der Waals surface area (Å²) in [6, 6.07) is 23.4. The number of esters is 1. The van der Waals surface area contributed by atoms with Crippen LogP contribution in [0.1, 0.15) is 31.2 Å². The molecule has 224 valence electrons. The Balaban J connectivity index is 1.12. The molecule has 0 unspecified atom stereocenters. The van der Waals surface area contributed by atoms with Crippen LogP contribution in [0.4, 0.5) is 16.6 Å². The normalized spacial score (nSPS) is 19.1. The third kappa shape index (κ3) is 5.60. The summed E-state index contributed by atoms with van der Waals surface area (Å²) in [7, 11) is 0. The second kappa shape index (κ2) is 12.0. The second-order valence-electron chi connectivity index (χ2n) is 11.0. The number of benzene rings is 3. The number of carbonyl (C=O) groups is 2. The van der Waals surface area contributed by atoms with Crippen molar-refractivity contribution in [2.24, 2.45) is 0 Å². The lowest BCUT2D eigenvalue weighted by Gasteiger charge is -2.16. The molecule has 5 N–H and O–H groups in total. The van der Waals surface area contributed by atoms with E-state index >= 15 is 0 Å². The Morgan fingerprint density at radius 2 is 1.84 bits per heavy atom. The van der Waals surface area contributed by atoms with Gasteiger partial charge >= 0.3 is 12.0 Å². The van der Waals surface area contributed by atoms with Gasteiger partial charge in [-0.2, -0.15) is 16.7 Å². The van der Waals surface area contributed by atoms with Crippen LogP contribution in [0.15, 0.2) is 72.8 Å². The molecular formula is C32H32N8O3S. The topological polar surface area (TPSA) is 149 Å². The molecule has 7 rings (SSSR count). The molecule has 0 bridgehead atoms. The van der Waals surface area contributed by atoms with Crippen LogP contribution >= 0.6 is 11.8 Å². The summed E-state index contributed by atoms with van der Waals surface area (Å²) < 4.78 is 7.61. The third-order valence-corrected chi connectivity index (χ3v) is 9.56. The summed E-state index contributed by atoms with van der Waals surface area (Å²) in [5, 5.41) is 10.5. The maximum Gasteiger partial charge on any atom is 0.315 e. The molecule has 11 nitrogen and oxygen atoms in total. The van der Waals surface area contributed by atoms with Crippen molar-refractivity contribution >= 4 is 57.5 Å². The Hall–Kier alpha value is -4.84. The number of ether oxygens (including phenoxy) is 1. The summed E-state index contributed by atoms with van der Waals surface area (Å²) in [5.41, 5.74) is 9.44. The number of para-hydroxylation sites is 3. The Morgan fingerprint density at radius 3 is 2.73 bits per heavy atom. The van der Waals surface area contributed by atoms with E-state index in [0.29, 0.717) is 41.2 Å². The SMILES string of the molecule is Nc1nc2ccccc2n1-c1nc(NCc2ccccc2)c2cccc(OC(=O)CCCC[C@@H]3SC[C@@H]4NC(=O)N[C@@H]43)c2n1. The van der Waals surface area contributed by atoms with Gasteiger partial charge in [-0.3, -0.25) is 4.79 Å². The number of nitrogens with zero attached hydrogens (tertiary/aromatic N) is 4. The lowest BCUT2D eigenvalue weighted by atomic mass is 10.0. The summed E-state index contributed by atoms with van der Waals surface area (Å²) >= 11 is 1.88. The van der Waals surface area contributed by atoms with Gasteiger partial charge in [0.1, 0.15) is 11.3 Å². The summed E-state index contributed by atoms with van der Waals surface area (Å²) in [5.74, 6) is 2.12. The van der Waals surface area contributed by atoms with E-state index in [0.717, 1.165) is 40.6 Å². The van der Waals surface area contributed by atoms with Crippen LogP contribution in [0.3, 0.4) is 0 Å². The van der Waals surface area contributed by atoms with E-state index in [1.807, 2.05) is 78.5 Å². The van der Waals surface area contributed by atoms with Crippen LogP contribution in [0.25, 0.3) is 27.9 Å². The van der Waals surface area contributed by atoms with Gasteiger partial charge in [-0.15, -0.1) is 0 Å². The van der Waals surface area contributed by atoms with Gasteiger partial charge in [-0.25, -0.2) is 19.3 Å². The van der Waals surface area contributed by atoms with Crippen LogP contribution < -0.4 is 26.4 Å². The van der Waals surface area contributed by atoms with Gasteiger partial charge in [0.05, 0.1) is 23.1 Å². The molecule has 2 saturated heterocycles. The molecule has 0 radical (unpaired) electrons. The van der Waals surface area contributed by atoms with E-state index in [-0.39, 0.29) is 36.5 Å². The standard InChI is InChI=1S/C32H32N8O3S/c33-30-35-21-12-4-5-13-23(21)40(30)31-37-27-20(29(39-31)34-17-19-9-2-1-3-10-19)11-8-14-24(27)43-26(41)16-7-6-15-25-28-22(18-44-25)36-32(42)38-28/h1-5,8-14,22,25,28H,6-7,15-18H2,(H2,33,35)(H,34,37,39)(H2,36,38,42)/t22-,25-,28-/m0/s1. The van der Waals surface area contributed by atoms with E-state index in [9.17, 15) is 9.59 Å². The van der Waals surface area contributed by atoms with Crippen LogP contribution in [0.2, 0.25) is 0 Å². The van der Waals surface area contributed by atoms with E-state index < -0.39 is 0 Å². The average molecular weight is 609 g/mol. The van der Waals surface area contributed by atoms with Crippen molar-refractivity contribution in [1.29, 1.82) is 0 Å². The number of nitrogen functional groups attached to an aromatic ring is 1. The number of fused-ring (bicyclic) bond motifs is 3. The average Bonchev–Trinajstić information content (AvgIpc) is 3.70. The van der Waals surface area contributed by atoms with Gasteiger partial charge in [0.2, 0.25) is 11.9 Å². The number of unbranched alkanes of at least 4 members (excludes halogenated alkanes) is 1. The molecule has 3 atom stereocenters. The van der Waals surface area contributed by atoms with E-state index in [2.05, 4.69) is 20.9 Å². The number of nitrogens with two attached hydrogens (primary N) is 1. The Morgan fingerprint density at radius 1 is 1.00 bits per heavy atom. The number of hydrogen-bond donors (Lipinski definition) is 4. The fourth-order valence-corrected chi connectivity index (χ4v) is 7.44. The fourth-order valence-electron chi connectivity index (χ4n) is 5.90. The lowest BCUT2D eigenvalue weighted by molar-refractivity contribution is -0.134. The number of hydrogen-bond acceptors (Lipinski definition) is 9. The predicted octanol–water partition coefficient (Wildman–Crippen LogP) is 4.79. The number of anilines is 2. The maximum atomic E-state index is 13.0. The van der Waals surface area contributed by atoms with Crippen molar-refractivity contribution in [3.05, 3.63) is 78.4 Å². The summed E-state index contributed by atoms with van der Waals surface area (Å²) in [6.07, 6.45) is 2.78. The monoisotopic (exact) mass is 608 g/mol. The van der Waals surface area contributed by atoms with Crippen molar-refractivity contribution in [1.82, 2.24) is 30.2 Å². The van der Waals surface area contributed by atoms with Gasteiger partial charge in [0, 0.05) is 29.4 Å². The van der Waals surface area contributed by atoms with Crippen molar-refractivity contribution < 1.29 is 14.3 Å². The van der Waals surface area contributed by atoms with Crippen LogP contribution in [-0.4, -0.2) is 54.6 Å². The van der Waals surface area contributed by atoms with Crippen molar-refractivity contribution in [2.45, 2.75) is 49.6 Å². The quantitative estimate of drug-likeness (QED) is 0.0760. The molecule has 2 fully saturated rings. The molecule has 44 heavy (non-hydrogen) atoms. The lowest BCUT2D eigenvalue weighted by Crippen LogP contribution is -2.36. The molecule has 2 amide bonds. The van der Waals surface area contributed by atoms with Crippen molar-refractivity contribution in [2.75, 3.05) is 16.8 Å². The Kier molecular flexibility index (Phi) is 7.65.